The molecule has 0 aromatic carbocycles. The second-order valence-corrected chi connectivity index (χ2v) is 3.73. The maximum atomic E-state index is 3.30. The summed E-state index contributed by atoms with van der Waals surface area (Å²) in [5.74, 6) is 0.938. The number of nitrogens with zero attached hydrogens (tertiary/aromatic N) is 1. The van der Waals surface area contributed by atoms with Gasteiger partial charge in [-0.3, -0.25) is 4.90 Å². The second-order valence-electron chi connectivity index (χ2n) is 3.73. The summed E-state index contributed by atoms with van der Waals surface area (Å²) in [5.41, 5.74) is 0. The summed E-state index contributed by atoms with van der Waals surface area (Å²) in [4.78, 5) is 2.53. The molecule has 0 radical (unpaired) electrons. The zero-order valence-corrected chi connectivity index (χ0v) is 7.14. The molecule has 0 aliphatic carbocycles. The summed E-state index contributed by atoms with van der Waals surface area (Å²) < 4.78 is 0. The van der Waals surface area contributed by atoms with Gasteiger partial charge in [-0.15, -0.1) is 0 Å². The summed E-state index contributed by atoms with van der Waals surface area (Å²) >= 11 is 0. The van der Waals surface area contributed by atoms with E-state index in [1.807, 2.05) is 7.05 Å². The lowest BCUT2D eigenvalue weighted by Crippen LogP contribution is -2.60. The Bertz CT molecular complexity index is 127. The highest BCUT2D eigenvalue weighted by Gasteiger charge is 2.28. The third kappa shape index (κ3) is 1.55. The van der Waals surface area contributed by atoms with Crippen molar-refractivity contribution >= 4 is 0 Å². The fraction of sp³-hybridized carbons (Fsp3) is 1.00. The highest BCUT2D eigenvalue weighted by atomic mass is 15.2. The van der Waals surface area contributed by atoms with Gasteiger partial charge in [0.1, 0.15) is 0 Å². The maximum Gasteiger partial charge on any atom is 0.0320 e. The molecule has 2 aliphatic heterocycles. The van der Waals surface area contributed by atoms with Crippen LogP contribution in [0.25, 0.3) is 0 Å². The second kappa shape index (κ2) is 3.09. The van der Waals surface area contributed by atoms with Gasteiger partial charge in [-0.1, -0.05) is 0 Å². The first-order valence-electron chi connectivity index (χ1n) is 4.49. The Morgan fingerprint density at radius 1 is 1.45 bits per heavy atom. The average Bonchev–Trinajstić information content (AvgIpc) is 1.81. The van der Waals surface area contributed by atoms with E-state index in [9.17, 15) is 0 Å². The predicted octanol–water partition coefficient (Wildman–Crippen LogP) is -0.891. The molecule has 0 amide bonds. The van der Waals surface area contributed by atoms with Gasteiger partial charge in [0.05, 0.1) is 0 Å². The lowest BCUT2D eigenvalue weighted by Gasteiger charge is -2.43. The fourth-order valence-electron chi connectivity index (χ4n) is 1.74. The lowest BCUT2D eigenvalue weighted by atomic mass is 10.00. The first-order chi connectivity index (χ1) is 5.38. The molecule has 3 nitrogen and oxygen atoms in total. The minimum absolute atomic E-state index is 0.767. The minimum atomic E-state index is 0.767. The Morgan fingerprint density at radius 2 is 2.18 bits per heavy atom. The molecule has 0 saturated carbocycles. The molecule has 11 heavy (non-hydrogen) atoms. The topological polar surface area (TPSA) is 27.3 Å². The first-order valence-corrected chi connectivity index (χ1v) is 4.49. The molecule has 0 atom stereocenters. The van der Waals surface area contributed by atoms with Gasteiger partial charge in [0.2, 0.25) is 0 Å². The predicted molar refractivity (Wildman–Crippen MR) is 45.6 cm³/mol. The zero-order valence-electron chi connectivity index (χ0n) is 7.14. The molecule has 2 fully saturated rings. The molecule has 2 saturated heterocycles. The summed E-state index contributed by atoms with van der Waals surface area (Å²) in [5, 5.41) is 6.58. The van der Waals surface area contributed by atoms with Crippen LogP contribution in [0.3, 0.4) is 0 Å². The van der Waals surface area contributed by atoms with Crippen molar-refractivity contribution in [3.63, 3.8) is 0 Å². The van der Waals surface area contributed by atoms with Gasteiger partial charge in [0.25, 0.3) is 0 Å². The van der Waals surface area contributed by atoms with Crippen molar-refractivity contribution in [3.8, 4) is 0 Å². The summed E-state index contributed by atoms with van der Waals surface area (Å²) in [6, 6.07) is 0.767. The van der Waals surface area contributed by atoms with E-state index < -0.39 is 0 Å². The van der Waals surface area contributed by atoms with E-state index >= 15 is 0 Å². The average molecular weight is 155 g/mol. The van der Waals surface area contributed by atoms with Crippen LogP contribution in [-0.4, -0.2) is 50.7 Å². The summed E-state index contributed by atoms with van der Waals surface area (Å²) in [7, 11) is 2.05. The molecule has 0 spiro atoms. The smallest absolute Gasteiger partial charge is 0.0320 e. The normalized spacial score (nSPS) is 28.1. The number of likely N-dealkylation sites (tertiary alicyclic amines) is 1. The van der Waals surface area contributed by atoms with Crippen molar-refractivity contribution in [1.82, 2.24) is 15.5 Å². The van der Waals surface area contributed by atoms with E-state index in [2.05, 4.69) is 15.5 Å². The third-order valence-corrected chi connectivity index (χ3v) is 2.75. The fourth-order valence-corrected chi connectivity index (χ4v) is 1.74. The molecule has 2 aliphatic rings. The molecule has 2 rings (SSSR count). The molecular weight excluding hydrogens is 138 g/mol. The molecular formula is C8H17N3. The van der Waals surface area contributed by atoms with Crippen molar-refractivity contribution in [1.29, 1.82) is 0 Å². The Morgan fingerprint density at radius 3 is 2.64 bits per heavy atom. The van der Waals surface area contributed by atoms with Crippen LogP contribution >= 0.6 is 0 Å². The van der Waals surface area contributed by atoms with Crippen molar-refractivity contribution in [2.45, 2.75) is 6.04 Å². The lowest BCUT2D eigenvalue weighted by molar-refractivity contribution is 0.0954. The van der Waals surface area contributed by atoms with E-state index in [0.29, 0.717) is 0 Å². The van der Waals surface area contributed by atoms with E-state index in [4.69, 9.17) is 0 Å². The van der Waals surface area contributed by atoms with Crippen LogP contribution in [0.4, 0.5) is 0 Å². The van der Waals surface area contributed by atoms with E-state index in [1.54, 1.807) is 0 Å². The van der Waals surface area contributed by atoms with Gasteiger partial charge in [0.15, 0.2) is 0 Å². The molecule has 64 valence electrons. The van der Waals surface area contributed by atoms with E-state index in [1.165, 1.54) is 32.7 Å². The molecule has 0 bridgehead atoms. The van der Waals surface area contributed by atoms with Crippen molar-refractivity contribution in [2.75, 3.05) is 39.8 Å². The highest BCUT2D eigenvalue weighted by molar-refractivity contribution is 4.88. The van der Waals surface area contributed by atoms with Gasteiger partial charge < -0.3 is 10.6 Å². The Labute approximate surface area is 68.1 Å². The first kappa shape index (κ1) is 7.53. The Hall–Kier alpha value is -0.120. The Balaban J connectivity index is 1.59. The molecule has 0 aromatic rings. The zero-order chi connectivity index (χ0) is 7.68. The molecule has 0 aromatic heterocycles. The summed E-state index contributed by atoms with van der Waals surface area (Å²) in [6.45, 7) is 6.30. The van der Waals surface area contributed by atoms with Crippen LogP contribution in [0.15, 0.2) is 0 Å². The molecule has 3 heteroatoms. The number of nitrogens with one attached hydrogen (secondary N) is 2. The highest BCUT2D eigenvalue weighted by Crippen LogP contribution is 2.12. The summed E-state index contributed by atoms with van der Waals surface area (Å²) in [6.07, 6.45) is 0. The Kier molecular flexibility index (Phi) is 2.11. The maximum absolute atomic E-state index is 3.30. The van der Waals surface area contributed by atoms with Crippen LogP contribution in [-0.2, 0) is 0 Å². The SMILES string of the molecule is CNC1CN(CC2CNC2)C1. The number of rotatable bonds is 3. The van der Waals surface area contributed by atoms with Crippen LogP contribution in [0.1, 0.15) is 0 Å². The van der Waals surface area contributed by atoms with Gasteiger partial charge in [-0.05, 0) is 13.0 Å². The van der Waals surface area contributed by atoms with Crippen molar-refractivity contribution in [2.24, 2.45) is 5.92 Å². The van der Waals surface area contributed by atoms with Gasteiger partial charge >= 0.3 is 0 Å². The van der Waals surface area contributed by atoms with E-state index in [0.717, 1.165) is 12.0 Å². The van der Waals surface area contributed by atoms with Gasteiger partial charge in [-0.25, -0.2) is 0 Å². The molecule has 0 unspecified atom stereocenters. The standard InChI is InChI=1S/C8H17N3/c1-9-8-5-11(6-8)4-7-2-10-3-7/h7-10H,2-6H2,1H3. The monoisotopic (exact) mass is 155 g/mol. The van der Waals surface area contributed by atoms with Crippen LogP contribution < -0.4 is 10.6 Å². The largest absolute Gasteiger partial charge is 0.316 e. The van der Waals surface area contributed by atoms with Crippen molar-refractivity contribution in [3.05, 3.63) is 0 Å². The third-order valence-electron chi connectivity index (χ3n) is 2.75. The van der Waals surface area contributed by atoms with Crippen LogP contribution in [0, 0.1) is 5.92 Å². The number of hydrogen-bond acceptors (Lipinski definition) is 3. The number of hydrogen-bond donors (Lipinski definition) is 2. The van der Waals surface area contributed by atoms with Crippen LogP contribution in [0.2, 0.25) is 0 Å². The number of likely N-dealkylation sites (N-methyl/N-ethyl adjacent to an activating group) is 1. The van der Waals surface area contributed by atoms with Crippen LogP contribution in [0.5, 0.6) is 0 Å². The molecule has 2 N–H and O–H groups in total. The van der Waals surface area contributed by atoms with Crippen molar-refractivity contribution < 1.29 is 0 Å². The van der Waals surface area contributed by atoms with Gasteiger partial charge in [-0.2, -0.15) is 0 Å². The quantitative estimate of drug-likeness (QED) is 0.553. The minimum Gasteiger partial charge on any atom is -0.316 e. The van der Waals surface area contributed by atoms with E-state index in [-0.39, 0.29) is 0 Å². The molecule has 2 heterocycles. The van der Waals surface area contributed by atoms with Gasteiger partial charge in [0, 0.05) is 38.8 Å².